The van der Waals surface area contributed by atoms with Gasteiger partial charge in [0.1, 0.15) is 0 Å². The molecule has 1 N–H and O–H groups in total. The fourth-order valence-electron chi connectivity index (χ4n) is 1.65. The van der Waals surface area contributed by atoms with Gasteiger partial charge in [-0.05, 0) is 30.1 Å². The van der Waals surface area contributed by atoms with E-state index in [4.69, 9.17) is 4.74 Å². The molecule has 6 heteroatoms. The number of ether oxygens (including phenoxy) is 1. The van der Waals surface area contributed by atoms with Crippen LogP contribution < -0.4 is 10.1 Å². The molecule has 0 radical (unpaired) electrons. The molecular formula is C14H22N2O3S. The van der Waals surface area contributed by atoms with Crippen LogP contribution in [0.5, 0.6) is 5.75 Å². The maximum absolute atomic E-state index is 11.1. The van der Waals surface area contributed by atoms with Gasteiger partial charge in [0.15, 0.2) is 5.75 Å². The van der Waals surface area contributed by atoms with Gasteiger partial charge in [0, 0.05) is 18.7 Å². The van der Waals surface area contributed by atoms with Crippen molar-refractivity contribution in [3.63, 3.8) is 0 Å². The number of hydrogen-bond donors (Lipinski definition) is 1. The molecule has 0 aromatic heterocycles. The summed E-state index contributed by atoms with van der Waals surface area (Å²) in [5.41, 5.74) is 0.930. The van der Waals surface area contributed by atoms with Crippen molar-refractivity contribution in [2.75, 3.05) is 18.6 Å². The Morgan fingerprint density at radius 2 is 2.20 bits per heavy atom. The van der Waals surface area contributed by atoms with Crippen molar-refractivity contribution >= 4 is 17.4 Å². The minimum atomic E-state index is -0.386. The molecule has 112 valence electrons. The zero-order valence-corrected chi connectivity index (χ0v) is 13.0. The van der Waals surface area contributed by atoms with E-state index in [1.54, 1.807) is 23.9 Å². The predicted octanol–water partition coefficient (Wildman–Crippen LogP) is 3.22. The molecule has 0 saturated heterocycles. The van der Waals surface area contributed by atoms with Crippen LogP contribution in [0, 0.1) is 10.1 Å². The molecule has 1 aromatic carbocycles. The highest BCUT2D eigenvalue weighted by atomic mass is 32.2. The summed E-state index contributed by atoms with van der Waals surface area (Å²) in [5.74, 6) is 1.34. The van der Waals surface area contributed by atoms with E-state index in [-0.39, 0.29) is 10.6 Å². The largest absolute Gasteiger partial charge is 0.487 e. The molecule has 0 fully saturated rings. The smallest absolute Gasteiger partial charge is 0.311 e. The van der Waals surface area contributed by atoms with Crippen molar-refractivity contribution in [3.05, 3.63) is 33.9 Å². The molecule has 0 amide bonds. The van der Waals surface area contributed by atoms with Gasteiger partial charge in [-0.1, -0.05) is 19.9 Å². The first-order valence-electron chi connectivity index (χ1n) is 6.67. The fraction of sp³-hybridized carbons (Fsp3) is 0.571. The summed E-state index contributed by atoms with van der Waals surface area (Å²) in [4.78, 5) is 10.7. The van der Waals surface area contributed by atoms with Crippen LogP contribution in [-0.4, -0.2) is 29.6 Å². The monoisotopic (exact) mass is 298 g/mol. The maximum atomic E-state index is 11.1. The second-order valence-corrected chi connectivity index (χ2v) is 5.78. The van der Waals surface area contributed by atoms with E-state index < -0.39 is 0 Å². The van der Waals surface area contributed by atoms with E-state index in [9.17, 15) is 10.1 Å². The molecule has 20 heavy (non-hydrogen) atoms. The molecule has 0 aliphatic rings. The lowest BCUT2D eigenvalue weighted by Gasteiger charge is -2.10. The first-order chi connectivity index (χ1) is 9.54. The Hall–Kier alpha value is -1.27. The maximum Gasteiger partial charge on any atom is 0.311 e. The first kappa shape index (κ1) is 16.8. The van der Waals surface area contributed by atoms with Crippen LogP contribution in [0.1, 0.15) is 25.8 Å². The zero-order valence-electron chi connectivity index (χ0n) is 12.2. The van der Waals surface area contributed by atoms with E-state index in [0.717, 1.165) is 17.7 Å². The third-order valence-electron chi connectivity index (χ3n) is 2.68. The Morgan fingerprint density at radius 3 is 2.80 bits per heavy atom. The highest BCUT2D eigenvalue weighted by molar-refractivity contribution is 7.98. The lowest BCUT2D eigenvalue weighted by Crippen LogP contribution is -2.21. The minimum absolute atomic E-state index is 0.0391. The van der Waals surface area contributed by atoms with Gasteiger partial charge in [-0.25, -0.2) is 0 Å². The van der Waals surface area contributed by atoms with Gasteiger partial charge >= 0.3 is 5.69 Å². The number of hydrogen-bond acceptors (Lipinski definition) is 5. The molecule has 1 rings (SSSR count). The molecule has 0 heterocycles. The zero-order chi connectivity index (χ0) is 15.0. The predicted molar refractivity (Wildman–Crippen MR) is 83.6 cm³/mol. The highest BCUT2D eigenvalue weighted by Crippen LogP contribution is 2.28. The number of thioether (sulfide) groups is 1. The van der Waals surface area contributed by atoms with Crippen molar-refractivity contribution in [1.82, 2.24) is 5.32 Å². The molecule has 0 unspecified atom stereocenters. The average Bonchev–Trinajstić information content (AvgIpc) is 2.41. The molecule has 1 aromatic rings. The van der Waals surface area contributed by atoms with Gasteiger partial charge in [0.05, 0.1) is 11.5 Å². The van der Waals surface area contributed by atoms with Crippen LogP contribution in [0.15, 0.2) is 18.2 Å². The molecule has 0 bridgehead atoms. The van der Waals surface area contributed by atoms with Crippen molar-refractivity contribution in [2.24, 2.45) is 0 Å². The summed E-state index contributed by atoms with van der Waals surface area (Å²) in [6, 6.07) is 5.48. The van der Waals surface area contributed by atoms with Gasteiger partial charge < -0.3 is 10.1 Å². The molecule has 0 saturated carbocycles. The van der Waals surface area contributed by atoms with E-state index in [1.807, 2.05) is 26.2 Å². The molecule has 5 nitrogen and oxygen atoms in total. The number of nitrogens with one attached hydrogen (secondary N) is 1. The van der Waals surface area contributed by atoms with Crippen molar-refractivity contribution in [2.45, 2.75) is 32.9 Å². The Morgan fingerprint density at radius 1 is 1.45 bits per heavy atom. The van der Waals surface area contributed by atoms with Crippen LogP contribution >= 0.6 is 11.8 Å². The lowest BCUT2D eigenvalue weighted by atomic mass is 10.2. The summed E-state index contributed by atoms with van der Waals surface area (Å²) in [6.07, 6.45) is 2.91. The third kappa shape index (κ3) is 5.79. The van der Waals surface area contributed by atoms with Gasteiger partial charge in [0.25, 0.3) is 0 Å². The third-order valence-corrected chi connectivity index (χ3v) is 3.38. The molecular weight excluding hydrogens is 276 g/mol. The highest BCUT2D eigenvalue weighted by Gasteiger charge is 2.15. The van der Waals surface area contributed by atoms with Crippen LogP contribution in [0.2, 0.25) is 0 Å². The van der Waals surface area contributed by atoms with E-state index in [1.165, 1.54) is 0 Å². The Labute approximate surface area is 124 Å². The second kappa shape index (κ2) is 8.81. The van der Waals surface area contributed by atoms with E-state index in [0.29, 0.717) is 24.9 Å². The van der Waals surface area contributed by atoms with Gasteiger partial charge in [-0.15, -0.1) is 0 Å². The Balaban J connectivity index is 2.71. The van der Waals surface area contributed by atoms with Gasteiger partial charge in [-0.3, -0.25) is 10.1 Å². The molecule has 0 atom stereocenters. The minimum Gasteiger partial charge on any atom is -0.487 e. The first-order valence-corrected chi connectivity index (χ1v) is 8.06. The number of nitro groups is 1. The lowest BCUT2D eigenvalue weighted by molar-refractivity contribution is -0.385. The normalized spacial score (nSPS) is 10.8. The van der Waals surface area contributed by atoms with Gasteiger partial charge in [-0.2, -0.15) is 11.8 Å². The summed E-state index contributed by atoms with van der Waals surface area (Å²) >= 11 is 1.74. The number of nitrogens with zero attached hydrogens (tertiary/aromatic N) is 1. The summed E-state index contributed by atoms with van der Waals surface area (Å²) in [6.45, 7) is 5.20. The van der Waals surface area contributed by atoms with Crippen LogP contribution in [0.4, 0.5) is 5.69 Å². The quantitative estimate of drug-likeness (QED) is 0.431. The van der Waals surface area contributed by atoms with Crippen LogP contribution in [0.3, 0.4) is 0 Å². The van der Waals surface area contributed by atoms with E-state index in [2.05, 4.69) is 5.32 Å². The van der Waals surface area contributed by atoms with Crippen molar-refractivity contribution < 1.29 is 9.66 Å². The summed E-state index contributed by atoms with van der Waals surface area (Å²) < 4.78 is 5.51. The standard InChI is InChI=1S/C14H22N2O3S/c1-11(2)15-10-12-5-6-14(13(9-12)16(17)18)19-7-4-8-20-3/h5-6,9,11,15H,4,7-8,10H2,1-3H3. The number of benzene rings is 1. The van der Waals surface area contributed by atoms with Crippen LogP contribution in [0.25, 0.3) is 0 Å². The summed E-state index contributed by atoms with van der Waals surface area (Å²) in [5, 5.41) is 14.3. The number of rotatable bonds is 9. The molecule has 0 aliphatic carbocycles. The molecule has 0 spiro atoms. The van der Waals surface area contributed by atoms with Crippen molar-refractivity contribution in [3.8, 4) is 5.75 Å². The van der Waals surface area contributed by atoms with Gasteiger partial charge in [0.2, 0.25) is 0 Å². The van der Waals surface area contributed by atoms with Crippen LogP contribution in [-0.2, 0) is 6.54 Å². The SMILES string of the molecule is CSCCCOc1ccc(CNC(C)C)cc1[N+](=O)[O-]. The average molecular weight is 298 g/mol. The molecule has 0 aliphatic heterocycles. The fourth-order valence-corrected chi connectivity index (χ4v) is 2.05. The topological polar surface area (TPSA) is 64.4 Å². The van der Waals surface area contributed by atoms with Crippen molar-refractivity contribution in [1.29, 1.82) is 0 Å². The van der Waals surface area contributed by atoms with E-state index >= 15 is 0 Å². The summed E-state index contributed by atoms with van der Waals surface area (Å²) in [7, 11) is 0. The Kier molecular flexibility index (Phi) is 7.40. The Bertz CT molecular complexity index is 438. The second-order valence-electron chi connectivity index (χ2n) is 4.79. The number of nitro benzene ring substituents is 1.